The summed E-state index contributed by atoms with van der Waals surface area (Å²) < 4.78 is 10.3. The van der Waals surface area contributed by atoms with Gasteiger partial charge in [0.15, 0.2) is 0 Å². The van der Waals surface area contributed by atoms with Crippen LogP contribution in [0.4, 0.5) is 0 Å². The molecule has 0 heterocycles. The van der Waals surface area contributed by atoms with Gasteiger partial charge in [-0.2, -0.15) is 0 Å². The molecule has 0 aromatic carbocycles. The summed E-state index contributed by atoms with van der Waals surface area (Å²) in [6.07, 6.45) is 4.45. The molecule has 0 radical (unpaired) electrons. The van der Waals surface area contributed by atoms with Gasteiger partial charge in [0.1, 0.15) is 12.0 Å². The Morgan fingerprint density at radius 1 is 1.44 bits per heavy atom. The Morgan fingerprint density at radius 3 is 2.69 bits per heavy atom. The van der Waals surface area contributed by atoms with Crippen molar-refractivity contribution < 1.29 is 14.3 Å². The lowest BCUT2D eigenvalue weighted by molar-refractivity contribution is -0.110. The highest BCUT2D eigenvalue weighted by Crippen LogP contribution is 2.11. The maximum absolute atomic E-state index is 10.5. The van der Waals surface area contributed by atoms with E-state index < -0.39 is 0 Å². The average Bonchev–Trinajstić information content (AvgIpc) is 2.24. The van der Waals surface area contributed by atoms with Crippen molar-refractivity contribution in [3.05, 3.63) is 24.0 Å². The summed E-state index contributed by atoms with van der Waals surface area (Å²) in [6.45, 7) is 8.97. The Bertz CT molecular complexity index is 244. The molecule has 0 bridgehead atoms. The maximum Gasteiger partial charge on any atom is 0.123 e. The Kier molecular flexibility index (Phi) is 8.53. The number of carbonyl (C=O) groups excluding carboxylic acids is 1. The number of ether oxygens (including phenoxy) is 2. The summed E-state index contributed by atoms with van der Waals surface area (Å²) in [4.78, 5) is 10.5. The Morgan fingerprint density at radius 2 is 2.12 bits per heavy atom. The molecule has 1 atom stereocenters. The zero-order chi connectivity index (χ0) is 12.4. The van der Waals surface area contributed by atoms with E-state index in [-0.39, 0.29) is 5.92 Å². The van der Waals surface area contributed by atoms with Gasteiger partial charge in [-0.3, -0.25) is 0 Å². The number of methoxy groups -OCH3 is 1. The highest BCUT2D eigenvalue weighted by Gasteiger charge is 2.01. The van der Waals surface area contributed by atoms with Crippen LogP contribution in [-0.2, 0) is 14.3 Å². The van der Waals surface area contributed by atoms with E-state index in [1.54, 1.807) is 7.11 Å². The summed E-state index contributed by atoms with van der Waals surface area (Å²) in [5, 5.41) is 0. The number of hydrogen-bond donors (Lipinski definition) is 0. The SMILES string of the molecule is C=C(/C=C(\C)CC(C)C=O)OCCCOC. The smallest absolute Gasteiger partial charge is 0.123 e. The number of rotatable bonds is 9. The van der Waals surface area contributed by atoms with Crippen LogP contribution in [0.1, 0.15) is 26.7 Å². The van der Waals surface area contributed by atoms with Crippen molar-refractivity contribution in [2.24, 2.45) is 5.92 Å². The van der Waals surface area contributed by atoms with Gasteiger partial charge in [-0.1, -0.05) is 19.1 Å². The molecule has 0 fully saturated rings. The summed E-state index contributed by atoms with van der Waals surface area (Å²) in [6, 6.07) is 0. The van der Waals surface area contributed by atoms with E-state index in [4.69, 9.17) is 9.47 Å². The Labute approximate surface area is 98.1 Å². The van der Waals surface area contributed by atoms with Crippen molar-refractivity contribution >= 4 is 6.29 Å². The van der Waals surface area contributed by atoms with Gasteiger partial charge in [-0.05, 0) is 19.4 Å². The van der Waals surface area contributed by atoms with Crippen LogP contribution in [0.25, 0.3) is 0 Å². The molecule has 0 aliphatic heterocycles. The number of allylic oxidation sites excluding steroid dienone is 2. The molecule has 0 spiro atoms. The lowest BCUT2D eigenvalue weighted by atomic mass is 10.0. The highest BCUT2D eigenvalue weighted by atomic mass is 16.5. The highest BCUT2D eigenvalue weighted by molar-refractivity contribution is 5.53. The van der Waals surface area contributed by atoms with Crippen molar-refractivity contribution in [3.63, 3.8) is 0 Å². The molecule has 0 saturated carbocycles. The summed E-state index contributed by atoms with van der Waals surface area (Å²) in [5.41, 5.74) is 1.11. The van der Waals surface area contributed by atoms with Crippen molar-refractivity contribution in [2.75, 3.05) is 20.3 Å². The number of carbonyl (C=O) groups is 1. The fourth-order valence-electron chi connectivity index (χ4n) is 1.34. The van der Waals surface area contributed by atoms with Crippen molar-refractivity contribution in [3.8, 4) is 0 Å². The molecule has 0 aliphatic carbocycles. The van der Waals surface area contributed by atoms with Crippen LogP contribution in [0.15, 0.2) is 24.0 Å². The minimum Gasteiger partial charge on any atom is -0.494 e. The lowest BCUT2D eigenvalue weighted by Crippen LogP contribution is -1.99. The van der Waals surface area contributed by atoms with Gasteiger partial charge in [-0.25, -0.2) is 0 Å². The molecule has 0 saturated heterocycles. The molecule has 0 amide bonds. The topological polar surface area (TPSA) is 35.5 Å². The first-order chi connectivity index (χ1) is 7.60. The third kappa shape index (κ3) is 8.24. The molecular formula is C13H22O3. The van der Waals surface area contributed by atoms with Gasteiger partial charge in [0.25, 0.3) is 0 Å². The Hall–Kier alpha value is -1.09. The normalized spacial score (nSPS) is 13.3. The predicted octanol–water partition coefficient (Wildman–Crippen LogP) is 2.72. The average molecular weight is 226 g/mol. The minimum absolute atomic E-state index is 0.0533. The van der Waals surface area contributed by atoms with Crippen LogP contribution in [0.2, 0.25) is 0 Å². The second-order valence-corrected chi connectivity index (χ2v) is 3.97. The van der Waals surface area contributed by atoms with Gasteiger partial charge in [0.05, 0.1) is 6.61 Å². The van der Waals surface area contributed by atoms with E-state index in [2.05, 4.69) is 6.58 Å². The molecule has 1 unspecified atom stereocenters. The number of aldehydes is 1. The van der Waals surface area contributed by atoms with Crippen LogP contribution in [-0.4, -0.2) is 26.6 Å². The van der Waals surface area contributed by atoms with Crippen molar-refractivity contribution in [2.45, 2.75) is 26.7 Å². The van der Waals surface area contributed by atoms with Crippen LogP contribution in [0, 0.1) is 5.92 Å². The van der Waals surface area contributed by atoms with Crippen molar-refractivity contribution in [1.82, 2.24) is 0 Å². The molecule has 0 aromatic heterocycles. The first kappa shape index (κ1) is 14.9. The summed E-state index contributed by atoms with van der Waals surface area (Å²) >= 11 is 0. The van der Waals surface area contributed by atoms with E-state index in [9.17, 15) is 4.79 Å². The Balaban J connectivity index is 3.82. The second-order valence-electron chi connectivity index (χ2n) is 3.97. The zero-order valence-electron chi connectivity index (χ0n) is 10.5. The molecule has 3 nitrogen and oxygen atoms in total. The largest absolute Gasteiger partial charge is 0.494 e. The van der Waals surface area contributed by atoms with Gasteiger partial charge in [0.2, 0.25) is 0 Å². The van der Waals surface area contributed by atoms with E-state index in [1.807, 2.05) is 19.9 Å². The monoisotopic (exact) mass is 226 g/mol. The molecule has 0 N–H and O–H groups in total. The molecular weight excluding hydrogens is 204 g/mol. The molecule has 92 valence electrons. The summed E-state index contributed by atoms with van der Waals surface area (Å²) in [7, 11) is 1.67. The van der Waals surface area contributed by atoms with Crippen LogP contribution < -0.4 is 0 Å². The lowest BCUT2D eigenvalue weighted by Gasteiger charge is -2.08. The second kappa shape index (κ2) is 9.16. The standard InChI is InChI=1S/C13H22O3/c1-11(8-12(2)10-14)9-13(3)16-7-5-6-15-4/h9-10,12H,3,5-8H2,1-2,4H3/b11-9+. The van der Waals surface area contributed by atoms with Gasteiger partial charge in [0, 0.05) is 26.1 Å². The van der Waals surface area contributed by atoms with Gasteiger partial charge >= 0.3 is 0 Å². The molecule has 16 heavy (non-hydrogen) atoms. The van der Waals surface area contributed by atoms with E-state index >= 15 is 0 Å². The van der Waals surface area contributed by atoms with Gasteiger partial charge < -0.3 is 14.3 Å². The number of hydrogen-bond acceptors (Lipinski definition) is 3. The van der Waals surface area contributed by atoms with Crippen LogP contribution in [0.3, 0.4) is 0 Å². The molecule has 0 rings (SSSR count). The van der Waals surface area contributed by atoms with E-state index in [0.717, 1.165) is 24.7 Å². The molecule has 3 heteroatoms. The fourth-order valence-corrected chi connectivity index (χ4v) is 1.34. The first-order valence-electron chi connectivity index (χ1n) is 5.53. The third-order valence-corrected chi connectivity index (χ3v) is 2.06. The fraction of sp³-hybridized carbons (Fsp3) is 0.615. The van der Waals surface area contributed by atoms with Crippen molar-refractivity contribution in [1.29, 1.82) is 0 Å². The maximum atomic E-state index is 10.5. The predicted molar refractivity (Wildman–Crippen MR) is 65.2 cm³/mol. The van der Waals surface area contributed by atoms with Crippen LogP contribution >= 0.6 is 0 Å². The van der Waals surface area contributed by atoms with E-state index in [1.165, 1.54) is 0 Å². The first-order valence-corrected chi connectivity index (χ1v) is 5.53. The van der Waals surface area contributed by atoms with Crippen LogP contribution in [0.5, 0.6) is 0 Å². The zero-order valence-corrected chi connectivity index (χ0v) is 10.5. The minimum atomic E-state index is 0.0533. The molecule has 0 aromatic rings. The summed E-state index contributed by atoms with van der Waals surface area (Å²) in [5.74, 6) is 0.698. The quantitative estimate of drug-likeness (QED) is 0.262. The van der Waals surface area contributed by atoms with Gasteiger partial charge in [-0.15, -0.1) is 0 Å². The van der Waals surface area contributed by atoms with E-state index in [0.29, 0.717) is 19.0 Å². The molecule has 0 aliphatic rings. The third-order valence-electron chi connectivity index (χ3n) is 2.06.